The number of amides is 1. The van der Waals surface area contributed by atoms with E-state index in [1.54, 1.807) is 6.08 Å². The van der Waals surface area contributed by atoms with Crippen LogP contribution < -0.4 is 10.1 Å². The number of esters is 1. The molecule has 1 amide bonds. The van der Waals surface area contributed by atoms with E-state index in [4.69, 9.17) is 9.47 Å². The lowest BCUT2D eigenvalue weighted by molar-refractivity contribution is -0.144. The molecular formula is C21H23NO4. The van der Waals surface area contributed by atoms with E-state index >= 15 is 0 Å². The fraction of sp³-hybridized carbons (Fsp3) is 0.238. The number of nitrogens with one attached hydrogen (secondary N) is 1. The molecule has 0 saturated heterocycles. The van der Waals surface area contributed by atoms with Crippen molar-refractivity contribution in [2.45, 2.75) is 26.3 Å². The van der Waals surface area contributed by atoms with E-state index in [9.17, 15) is 9.59 Å². The van der Waals surface area contributed by atoms with E-state index in [1.807, 2.05) is 68.4 Å². The van der Waals surface area contributed by atoms with Crippen molar-refractivity contribution in [3.8, 4) is 11.5 Å². The molecule has 2 rings (SSSR count). The van der Waals surface area contributed by atoms with Crippen molar-refractivity contribution in [1.82, 2.24) is 5.32 Å². The van der Waals surface area contributed by atoms with Crippen molar-refractivity contribution in [3.63, 3.8) is 0 Å². The van der Waals surface area contributed by atoms with Crippen LogP contribution in [0, 0.1) is 0 Å². The van der Waals surface area contributed by atoms with Crippen LogP contribution in [0.4, 0.5) is 0 Å². The molecular weight excluding hydrogens is 330 g/mol. The van der Waals surface area contributed by atoms with Crippen LogP contribution in [0.25, 0.3) is 6.08 Å². The highest BCUT2D eigenvalue weighted by Gasteiger charge is 2.07. The minimum atomic E-state index is -0.571. The Morgan fingerprint density at radius 1 is 1.08 bits per heavy atom. The van der Waals surface area contributed by atoms with Crippen molar-refractivity contribution in [2.75, 3.05) is 6.61 Å². The SMILES string of the molecule is CC[C@@H](C)NC(=O)COC(=O)/C=C/c1cccc(Oc2ccccc2)c1. The third-order valence-electron chi connectivity index (χ3n) is 3.61. The summed E-state index contributed by atoms with van der Waals surface area (Å²) in [7, 11) is 0. The molecule has 136 valence electrons. The van der Waals surface area contributed by atoms with Crippen molar-refractivity contribution >= 4 is 18.0 Å². The predicted molar refractivity (Wildman–Crippen MR) is 101 cm³/mol. The zero-order valence-corrected chi connectivity index (χ0v) is 15.0. The number of benzene rings is 2. The van der Waals surface area contributed by atoms with Gasteiger partial charge in [0.1, 0.15) is 11.5 Å². The molecule has 0 aliphatic heterocycles. The maximum atomic E-state index is 11.7. The van der Waals surface area contributed by atoms with Crippen molar-refractivity contribution in [1.29, 1.82) is 0 Å². The molecule has 1 atom stereocenters. The number of carbonyl (C=O) groups excluding carboxylic acids is 2. The second-order valence-corrected chi connectivity index (χ2v) is 5.81. The second kappa shape index (κ2) is 10.0. The average Bonchev–Trinajstić information content (AvgIpc) is 2.65. The molecule has 0 unspecified atom stereocenters. The summed E-state index contributed by atoms with van der Waals surface area (Å²) in [4.78, 5) is 23.3. The molecule has 0 bridgehead atoms. The Balaban J connectivity index is 1.86. The summed E-state index contributed by atoms with van der Waals surface area (Å²) in [5.41, 5.74) is 0.791. The fourth-order valence-corrected chi connectivity index (χ4v) is 2.07. The van der Waals surface area contributed by atoms with Crippen LogP contribution in [-0.4, -0.2) is 24.5 Å². The van der Waals surface area contributed by atoms with Crippen LogP contribution in [0.15, 0.2) is 60.7 Å². The Morgan fingerprint density at radius 3 is 2.54 bits per heavy atom. The molecule has 0 fully saturated rings. The van der Waals surface area contributed by atoms with Crippen LogP contribution in [0.5, 0.6) is 11.5 Å². The monoisotopic (exact) mass is 353 g/mol. The largest absolute Gasteiger partial charge is 0.457 e. The van der Waals surface area contributed by atoms with Gasteiger partial charge in [0.25, 0.3) is 5.91 Å². The Kier molecular flexibility index (Phi) is 7.43. The van der Waals surface area contributed by atoms with E-state index in [0.29, 0.717) is 5.75 Å². The van der Waals surface area contributed by atoms with Gasteiger partial charge in [0, 0.05) is 12.1 Å². The molecule has 1 N–H and O–H groups in total. The average molecular weight is 353 g/mol. The lowest BCUT2D eigenvalue weighted by atomic mass is 10.2. The molecule has 2 aromatic carbocycles. The van der Waals surface area contributed by atoms with E-state index in [0.717, 1.165) is 17.7 Å². The summed E-state index contributed by atoms with van der Waals surface area (Å²) < 4.78 is 10.7. The summed E-state index contributed by atoms with van der Waals surface area (Å²) in [5.74, 6) is 0.526. The van der Waals surface area contributed by atoms with E-state index in [-0.39, 0.29) is 18.6 Å². The normalized spacial score (nSPS) is 11.8. The molecule has 0 spiro atoms. The fourth-order valence-electron chi connectivity index (χ4n) is 2.07. The second-order valence-electron chi connectivity index (χ2n) is 5.81. The molecule has 5 heteroatoms. The minimum Gasteiger partial charge on any atom is -0.457 e. The first-order valence-corrected chi connectivity index (χ1v) is 8.54. The number of para-hydroxylation sites is 1. The molecule has 0 aliphatic carbocycles. The summed E-state index contributed by atoms with van der Waals surface area (Å²) in [6.45, 7) is 3.57. The van der Waals surface area contributed by atoms with Gasteiger partial charge in [-0.15, -0.1) is 0 Å². The predicted octanol–water partition coefficient (Wildman–Crippen LogP) is 3.95. The minimum absolute atomic E-state index is 0.0594. The van der Waals surface area contributed by atoms with Crippen LogP contribution >= 0.6 is 0 Å². The maximum absolute atomic E-state index is 11.7. The van der Waals surface area contributed by atoms with Gasteiger partial charge in [-0.25, -0.2) is 4.79 Å². The quantitative estimate of drug-likeness (QED) is 0.576. The standard InChI is InChI=1S/C21H23NO4/c1-3-16(2)22-20(23)15-25-21(24)13-12-17-8-7-11-19(14-17)26-18-9-5-4-6-10-18/h4-14,16H,3,15H2,1-2H3,(H,22,23)/b13-12+/t16-/m1/s1. The molecule has 5 nitrogen and oxygen atoms in total. The van der Waals surface area contributed by atoms with Crippen molar-refractivity contribution < 1.29 is 19.1 Å². The summed E-state index contributed by atoms with van der Waals surface area (Å²) >= 11 is 0. The van der Waals surface area contributed by atoms with Gasteiger partial charge in [-0.3, -0.25) is 4.79 Å². The molecule has 0 aliphatic rings. The molecule has 0 saturated carbocycles. The topological polar surface area (TPSA) is 64.6 Å². The van der Waals surface area contributed by atoms with Gasteiger partial charge >= 0.3 is 5.97 Å². The van der Waals surface area contributed by atoms with Gasteiger partial charge < -0.3 is 14.8 Å². The van der Waals surface area contributed by atoms with E-state index in [2.05, 4.69) is 5.32 Å². The van der Waals surface area contributed by atoms with Crippen molar-refractivity contribution in [3.05, 3.63) is 66.2 Å². The summed E-state index contributed by atoms with van der Waals surface area (Å²) in [6, 6.07) is 16.8. The highest BCUT2D eigenvalue weighted by atomic mass is 16.5. The Morgan fingerprint density at radius 2 is 1.81 bits per heavy atom. The maximum Gasteiger partial charge on any atom is 0.331 e. The zero-order valence-electron chi connectivity index (χ0n) is 15.0. The smallest absolute Gasteiger partial charge is 0.331 e. The third kappa shape index (κ3) is 6.81. The molecule has 0 radical (unpaired) electrons. The van der Waals surface area contributed by atoms with Crippen LogP contribution in [0.2, 0.25) is 0 Å². The molecule has 2 aromatic rings. The van der Waals surface area contributed by atoms with Crippen molar-refractivity contribution in [2.24, 2.45) is 0 Å². The lowest BCUT2D eigenvalue weighted by Crippen LogP contribution is -2.35. The summed E-state index contributed by atoms with van der Waals surface area (Å²) in [6.07, 6.45) is 3.73. The number of rotatable bonds is 8. The van der Waals surface area contributed by atoms with Gasteiger partial charge in [0.2, 0.25) is 0 Å². The van der Waals surface area contributed by atoms with Crippen LogP contribution in [0.3, 0.4) is 0 Å². The lowest BCUT2D eigenvalue weighted by Gasteiger charge is -2.10. The molecule has 0 aromatic heterocycles. The van der Waals surface area contributed by atoms with E-state index in [1.165, 1.54) is 6.08 Å². The van der Waals surface area contributed by atoms with Crippen LogP contribution in [0.1, 0.15) is 25.8 Å². The Hall–Kier alpha value is -3.08. The molecule has 0 heterocycles. The number of hydrogen-bond donors (Lipinski definition) is 1. The first kappa shape index (κ1) is 19.2. The van der Waals surface area contributed by atoms with Gasteiger partial charge in [-0.05, 0) is 49.2 Å². The molecule has 26 heavy (non-hydrogen) atoms. The van der Waals surface area contributed by atoms with Gasteiger partial charge in [-0.1, -0.05) is 37.3 Å². The van der Waals surface area contributed by atoms with Gasteiger partial charge in [-0.2, -0.15) is 0 Å². The van der Waals surface area contributed by atoms with Gasteiger partial charge in [0.15, 0.2) is 6.61 Å². The zero-order chi connectivity index (χ0) is 18.8. The first-order chi connectivity index (χ1) is 12.6. The highest BCUT2D eigenvalue weighted by molar-refractivity contribution is 5.89. The highest BCUT2D eigenvalue weighted by Crippen LogP contribution is 2.22. The number of carbonyl (C=O) groups is 2. The number of hydrogen-bond acceptors (Lipinski definition) is 4. The van der Waals surface area contributed by atoms with Crippen LogP contribution in [-0.2, 0) is 14.3 Å². The third-order valence-corrected chi connectivity index (χ3v) is 3.61. The van der Waals surface area contributed by atoms with Gasteiger partial charge in [0.05, 0.1) is 0 Å². The summed E-state index contributed by atoms with van der Waals surface area (Å²) in [5, 5.41) is 2.73. The number of ether oxygens (including phenoxy) is 2. The first-order valence-electron chi connectivity index (χ1n) is 8.54. The Labute approximate surface area is 153 Å². The van der Waals surface area contributed by atoms with E-state index < -0.39 is 5.97 Å². The Bertz CT molecular complexity index is 756.